The summed E-state index contributed by atoms with van der Waals surface area (Å²) in [6.07, 6.45) is 11.2. The molecule has 7 heteroatoms. The predicted octanol–water partition coefficient (Wildman–Crippen LogP) is 6.25. The van der Waals surface area contributed by atoms with Crippen molar-refractivity contribution in [2.45, 2.75) is 77.2 Å². The van der Waals surface area contributed by atoms with Crippen LogP contribution < -0.4 is 16.1 Å². The number of rotatable bonds is 3. The van der Waals surface area contributed by atoms with Crippen molar-refractivity contribution in [3.8, 4) is 17.1 Å². The van der Waals surface area contributed by atoms with Gasteiger partial charge in [0.2, 0.25) is 0 Å². The van der Waals surface area contributed by atoms with Crippen LogP contribution in [0.2, 0.25) is 0 Å². The number of nitrogens with zero attached hydrogens (tertiary/aromatic N) is 2. The molecule has 1 aromatic carbocycles. The number of aliphatic hydroxyl groups excluding tert-OH is 1. The van der Waals surface area contributed by atoms with Crippen molar-refractivity contribution < 1.29 is 9.84 Å². The summed E-state index contributed by atoms with van der Waals surface area (Å²) < 4.78 is 6.51. The zero-order valence-corrected chi connectivity index (χ0v) is 24.0. The molecule has 7 atom stereocenters. The van der Waals surface area contributed by atoms with Crippen LogP contribution in [0.5, 0.6) is 5.75 Å². The van der Waals surface area contributed by atoms with Gasteiger partial charge in [-0.05, 0) is 121 Å². The number of hydrogen-bond acceptors (Lipinski definition) is 6. The summed E-state index contributed by atoms with van der Waals surface area (Å²) in [5.41, 5.74) is 3.74. The topological polar surface area (TPSA) is 90.4 Å². The van der Waals surface area contributed by atoms with Gasteiger partial charge in [-0.2, -0.15) is 0 Å². The first-order valence-electron chi connectivity index (χ1n) is 14.6. The van der Waals surface area contributed by atoms with Gasteiger partial charge in [-0.1, -0.05) is 25.5 Å². The zero-order chi connectivity index (χ0) is 27.1. The lowest BCUT2D eigenvalue weighted by atomic mass is 9.47. The predicted molar refractivity (Wildman–Crippen MR) is 156 cm³/mol. The molecule has 0 spiro atoms. The van der Waals surface area contributed by atoms with E-state index in [9.17, 15) is 9.90 Å². The molecule has 2 heterocycles. The fourth-order valence-corrected chi connectivity index (χ4v) is 10.4. The molecule has 7 rings (SSSR count). The minimum absolute atomic E-state index is 0.152. The van der Waals surface area contributed by atoms with Gasteiger partial charge in [0.15, 0.2) is 5.82 Å². The van der Waals surface area contributed by atoms with Crippen molar-refractivity contribution in [3.63, 3.8) is 0 Å². The number of thiophene rings is 1. The molecule has 3 fully saturated rings. The maximum absolute atomic E-state index is 13.8. The van der Waals surface area contributed by atoms with E-state index >= 15 is 0 Å². The van der Waals surface area contributed by atoms with Crippen LogP contribution in [-0.2, 0) is 0 Å². The van der Waals surface area contributed by atoms with Crippen LogP contribution in [-0.4, -0.2) is 28.0 Å². The molecule has 0 amide bonds. The number of ether oxygens (including phenoxy) is 1. The highest BCUT2D eigenvalue weighted by Gasteiger charge is 2.59. The molecule has 3 aromatic rings. The van der Waals surface area contributed by atoms with E-state index in [-0.39, 0.29) is 22.5 Å². The van der Waals surface area contributed by atoms with E-state index in [1.54, 1.807) is 18.4 Å². The number of fused-ring (bicyclic) bond motifs is 6. The number of nitrogens with two attached hydrogens (primary N) is 1. The van der Waals surface area contributed by atoms with Crippen LogP contribution in [0.3, 0.4) is 0 Å². The molecule has 206 valence electrons. The lowest BCUT2D eigenvalue weighted by molar-refractivity contribution is -0.0408. The average Bonchev–Trinajstić information content (AvgIpc) is 3.51. The third kappa shape index (κ3) is 3.61. The minimum atomic E-state index is -0.164. The number of aliphatic hydroxyl groups is 1. The highest BCUT2D eigenvalue weighted by atomic mass is 32.1. The highest BCUT2D eigenvalue weighted by Crippen LogP contribution is 2.68. The molecular formula is C32H39N3O3S. The van der Waals surface area contributed by atoms with Crippen LogP contribution in [0, 0.1) is 28.6 Å². The molecule has 0 bridgehead atoms. The monoisotopic (exact) mass is 545 g/mol. The standard InChI is InChI=1S/C32H39N3O3S/c1-31-14-12-20(36)16-19(31)6-9-22-24-10-11-25(32(24,2)15-13-26(22)31)23-17-39-29-27(23)30(37)35(33)28(34-29)18-4-7-21(38-3)8-5-18/h4-8,17,20,22,24-26,36H,9-16,33H2,1-3H3/t20?,22-,24-,25+,26-,31-,32-/m0/s1. The van der Waals surface area contributed by atoms with E-state index in [1.165, 1.54) is 29.5 Å². The van der Waals surface area contributed by atoms with Gasteiger partial charge in [-0.25, -0.2) is 9.66 Å². The Kier molecular flexibility index (Phi) is 5.80. The maximum atomic E-state index is 13.8. The van der Waals surface area contributed by atoms with Crippen LogP contribution in [0.25, 0.3) is 21.6 Å². The van der Waals surface area contributed by atoms with E-state index in [1.807, 2.05) is 24.3 Å². The Labute approximate surface area is 233 Å². The fraction of sp³-hybridized carbons (Fsp3) is 0.562. The lowest BCUT2D eigenvalue weighted by Gasteiger charge is -2.58. The molecule has 0 saturated heterocycles. The largest absolute Gasteiger partial charge is 0.497 e. The normalized spacial score (nSPS) is 35.7. The zero-order valence-electron chi connectivity index (χ0n) is 23.2. The van der Waals surface area contributed by atoms with Crippen LogP contribution in [0.4, 0.5) is 0 Å². The first kappa shape index (κ1) is 25.3. The summed E-state index contributed by atoms with van der Waals surface area (Å²) in [6, 6.07) is 7.51. The summed E-state index contributed by atoms with van der Waals surface area (Å²) in [7, 11) is 1.63. The number of nitrogen functional groups attached to an aromatic ring is 1. The van der Waals surface area contributed by atoms with E-state index in [4.69, 9.17) is 15.6 Å². The molecule has 39 heavy (non-hydrogen) atoms. The molecule has 3 saturated carbocycles. The first-order chi connectivity index (χ1) is 18.7. The third-order valence-electron chi connectivity index (χ3n) is 11.5. The summed E-state index contributed by atoms with van der Waals surface area (Å²) in [5, 5.41) is 13.2. The molecule has 2 aromatic heterocycles. The highest BCUT2D eigenvalue weighted by molar-refractivity contribution is 7.16. The van der Waals surface area contributed by atoms with E-state index in [2.05, 4.69) is 25.3 Å². The first-order valence-corrected chi connectivity index (χ1v) is 15.4. The molecule has 3 N–H and O–H groups in total. The summed E-state index contributed by atoms with van der Waals surface area (Å²) >= 11 is 1.58. The van der Waals surface area contributed by atoms with E-state index in [0.717, 1.165) is 53.8 Å². The van der Waals surface area contributed by atoms with Crippen molar-refractivity contribution >= 4 is 21.6 Å². The molecule has 4 aliphatic rings. The van der Waals surface area contributed by atoms with Crippen molar-refractivity contribution in [1.82, 2.24) is 9.66 Å². The van der Waals surface area contributed by atoms with Crippen LogP contribution >= 0.6 is 11.3 Å². The van der Waals surface area contributed by atoms with Gasteiger partial charge >= 0.3 is 0 Å². The SMILES string of the molecule is COc1ccc(-c2nc3scc([C@H]4CC[C@H]5[C@@H]6CC=C7CC(O)CC[C@]7(C)[C@H]6CC[C@]45C)c3c(=O)n2N)cc1. The minimum Gasteiger partial charge on any atom is -0.497 e. The Morgan fingerprint density at radius 1 is 1.10 bits per heavy atom. The second kappa shape index (κ2) is 8.93. The summed E-state index contributed by atoms with van der Waals surface area (Å²) in [4.78, 5) is 19.4. The second-order valence-electron chi connectivity index (χ2n) is 13.0. The molecule has 4 aliphatic carbocycles. The fourth-order valence-electron chi connectivity index (χ4n) is 9.38. The number of methoxy groups -OCH3 is 1. The average molecular weight is 546 g/mol. The Balaban J connectivity index is 1.24. The number of aromatic nitrogens is 2. The van der Waals surface area contributed by atoms with Gasteiger partial charge in [0, 0.05) is 5.56 Å². The van der Waals surface area contributed by atoms with Crippen molar-refractivity contribution in [2.24, 2.45) is 28.6 Å². The Hall–Kier alpha value is -2.64. The van der Waals surface area contributed by atoms with Crippen molar-refractivity contribution in [3.05, 3.63) is 57.2 Å². The van der Waals surface area contributed by atoms with Crippen molar-refractivity contribution in [2.75, 3.05) is 13.0 Å². The van der Waals surface area contributed by atoms with Gasteiger partial charge in [-0.15, -0.1) is 11.3 Å². The second-order valence-corrected chi connectivity index (χ2v) is 13.9. The third-order valence-corrected chi connectivity index (χ3v) is 12.4. The molecule has 1 unspecified atom stereocenters. The smallest absolute Gasteiger partial charge is 0.281 e. The van der Waals surface area contributed by atoms with Crippen molar-refractivity contribution in [1.29, 1.82) is 0 Å². The van der Waals surface area contributed by atoms with E-state index in [0.29, 0.717) is 34.9 Å². The van der Waals surface area contributed by atoms with Gasteiger partial charge in [0.05, 0.1) is 18.6 Å². The van der Waals surface area contributed by atoms with Gasteiger partial charge < -0.3 is 15.7 Å². The number of benzene rings is 1. The Bertz CT molecular complexity index is 1520. The molecule has 0 radical (unpaired) electrons. The maximum Gasteiger partial charge on any atom is 0.281 e. The number of allylic oxidation sites excluding steroid dienone is 1. The number of hydrogen-bond donors (Lipinski definition) is 2. The van der Waals surface area contributed by atoms with Crippen LogP contribution in [0.1, 0.15) is 76.7 Å². The van der Waals surface area contributed by atoms with Gasteiger partial charge in [0.25, 0.3) is 5.56 Å². The molecule has 6 nitrogen and oxygen atoms in total. The Morgan fingerprint density at radius 3 is 2.67 bits per heavy atom. The lowest BCUT2D eigenvalue weighted by Crippen LogP contribution is -2.50. The van der Waals surface area contributed by atoms with Crippen LogP contribution in [0.15, 0.2) is 46.1 Å². The van der Waals surface area contributed by atoms with Gasteiger partial charge in [-0.3, -0.25) is 4.79 Å². The van der Waals surface area contributed by atoms with E-state index < -0.39 is 0 Å². The quantitative estimate of drug-likeness (QED) is 0.300. The molecular weight excluding hydrogens is 506 g/mol. The Morgan fingerprint density at radius 2 is 1.90 bits per heavy atom. The summed E-state index contributed by atoms with van der Waals surface area (Å²) in [5.74, 6) is 10.0. The van der Waals surface area contributed by atoms with Gasteiger partial charge in [0.1, 0.15) is 10.6 Å². The molecule has 0 aliphatic heterocycles. The summed E-state index contributed by atoms with van der Waals surface area (Å²) in [6.45, 7) is 4.99.